The Balaban J connectivity index is 2.43. The second kappa shape index (κ2) is 3.35. The van der Waals surface area contributed by atoms with Crippen LogP contribution in [0, 0.1) is 12.8 Å². The summed E-state index contributed by atoms with van der Waals surface area (Å²) in [5.74, 6) is 0.352. The lowest BCUT2D eigenvalue weighted by molar-refractivity contribution is 0.00359. The lowest BCUT2D eigenvalue weighted by Crippen LogP contribution is -2.29. The molecule has 2 rings (SSSR count). The predicted octanol–water partition coefficient (Wildman–Crippen LogP) is 2.40. The maximum atomic E-state index is 10.6. The van der Waals surface area contributed by atoms with Crippen LogP contribution in [0.4, 0.5) is 0 Å². The van der Waals surface area contributed by atoms with Gasteiger partial charge in [-0.25, -0.2) is 0 Å². The van der Waals surface area contributed by atoms with Crippen molar-refractivity contribution in [2.75, 3.05) is 0 Å². The van der Waals surface area contributed by atoms with Gasteiger partial charge in [0, 0.05) is 18.0 Å². The van der Waals surface area contributed by atoms with Crippen LogP contribution in [0.3, 0.4) is 0 Å². The highest BCUT2D eigenvalue weighted by Gasteiger charge is 2.40. The van der Waals surface area contributed by atoms with Crippen molar-refractivity contribution in [2.24, 2.45) is 5.92 Å². The summed E-state index contributed by atoms with van der Waals surface area (Å²) in [5.41, 5.74) is 1.54. The van der Waals surface area contributed by atoms with Crippen molar-refractivity contribution < 1.29 is 5.11 Å². The average Bonchev–Trinajstić information content (AvgIpc) is 2.49. The molecule has 1 aromatic rings. The number of hydrogen-bond acceptors (Lipinski definition) is 2. The molecule has 1 aliphatic rings. The molecule has 0 aliphatic heterocycles. The van der Waals surface area contributed by atoms with Crippen LogP contribution in [0.2, 0.25) is 0 Å². The lowest BCUT2D eigenvalue weighted by atomic mass is 9.84. The molecule has 2 nitrogen and oxygen atoms in total. The Morgan fingerprint density at radius 3 is 2.93 bits per heavy atom. The van der Waals surface area contributed by atoms with Gasteiger partial charge < -0.3 is 5.11 Å². The van der Waals surface area contributed by atoms with Crippen LogP contribution in [-0.2, 0) is 5.60 Å². The topological polar surface area (TPSA) is 33.1 Å². The molecule has 1 N–H and O–H groups in total. The first kappa shape index (κ1) is 9.66. The Bertz CT molecular complexity index is 337. The molecular formula is C12H17NO. The second-order valence-electron chi connectivity index (χ2n) is 4.41. The predicted molar refractivity (Wildman–Crippen MR) is 55.9 cm³/mol. The molecule has 2 atom stereocenters. The van der Waals surface area contributed by atoms with E-state index >= 15 is 0 Å². The minimum Gasteiger partial charge on any atom is -0.385 e. The zero-order chi connectivity index (χ0) is 10.2. The van der Waals surface area contributed by atoms with Gasteiger partial charge in [-0.2, -0.15) is 0 Å². The van der Waals surface area contributed by atoms with Gasteiger partial charge >= 0.3 is 0 Å². The third kappa shape index (κ3) is 1.34. The standard InChI is InChI=1S/C12H17NO/c1-9-5-7-13-8-11(9)12(14)6-3-4-10(12)2/h5,7-8,10,14H,3-4,6H2,1-2H3. The van der Waals surface area contributed by atoms with E-state index < -0.39 is 5.60 Å². The smallest absolute Gasteiger partial charge is 0.0939 e. The van der Waals surface area contributed by atoms with E-state index in [-0.39, 0.29) is 0 Å². The lowest BCUT2D eigenvalue weighted by Gasteiger charge is -2.29. The number of nitrogens with zero attached hydrogens (tertiary/aromatic N) is 1. The summed E-state index contributed by atoms with van der Waals surface area (Å²) in [4.78, 5) is 4.11. The zero-order valence-corrected chi connectivity index (χ0v) is 8.83. The number of aliphatic hydroxyl groups is 1. The largest absolute Gasteiger partial charge is 0.385 e. The molecule has 2 unspecified atom stereocenters. The Labute approximate surface area is 85.0 Å². The van der Waals surface area contributed by atoms with Crippen LogP contribution in [0.15, 0.2) is 18.5 Å². The highest BCUT2D eigenvalue weighted by Crippen LogP contribution is 2.43. The molecule has 1 aliphatic carbocycles. The fourth-order valence-electron chi connectivity index (χ4n) is 2.48. The van der Waals surface area contributed by atoms with Gasteiger partial charge in [0.25, 0.3) is 0 Å². The van der Waals surface area contributed by atoms with Gasteiger partial charge in [0.05, 0.1) is 5.60 Å². The molecule has 1 saturated carbocycles. The van der Waals surface area contributed by atoms with Gasteiger partial charge in [-0.15, -0.1) is 0 Å². The third-order valence-corrected chi connectivity index (χ3v) is 3.52. The summed E-state index contributed by atoms with van der Waals surface area (Å²) in [5, 5.41) is 10.6. The molecule has 2 heteroatoms. The van der Waals surface area contributed by atoms with E-state index in [1.807, 2.05) is 19.2 Å². The van der Waals surface area contributed by atoms with Crippen LogP contribution in [0.1, 0.15) is 37.3 Å². The molecule has 0 spiro atoms. The van der Waals surface area contributed by atoms with Gasteiger partial charge in [0.1, 0.15) is 0 Å². The molecule has 0 saturated heterocycles. The van der Waals surface area contributed by atoms with E-state index in [1.54, 1.807) is 6.20 Å². The van der Waals surface area contributed by atoms with Crippen molar-refractivity contribution in [3.63, 3.8) is 0 Å². The molecule has 1 heterocycles. The molecule has 76 valence electrons. The Hall–Kier alpha value is -0.890. The van der Waals surface area contributed by atoms with E-state index in [0.717, 1.165) is 30.4 Å². The van der Waals surface area contributed by atoms with Gasteiger partial charge in [-0.3, -0.25) is 4.98 Å². The summed E-state index contributed by atoms with van der Waals surface area (Å²) in [6, 6.07) is 1.97. The first-order chi connectivity index (χ1) is 6.64. The van der Waals surface area contributed by atoms with Crippen molar-refractivity contribution in [3.8, 4) is 0 Å². The zero-order valence-electron chi connectivity index (χ0n) is 8.83. The summed E-state index contributed by atoms with van der Waals surface area (Å²) in [7, 11) is 0. The first-order valence-electron chi connectivity index (χ1n) is 5.28. The Morgan fingerprint density at radius 2 is 2.36 bits per heavy atom. The minimum absolute atomic E-state index is 0.352. The summed E-state index contributed by atoms with van der Waals surface area (Å²) >= 11 is 0. The maximum absolute atomic E-state index is 10.6. The van der Waals surface area contributed by atoms with Gasteiger partial charge in [-0.1, -0.05) is 6.92 Å². The van der Waals surface area contributed by atoms with Crippen LogP contribution in [-0.4, -0.2) is 10.1 Å². The highest BCUT2D eigenvalue weighted by atomic mass is 16.3. The van der Waals surface area contributed by atoms with E-state index in [0.29, 0.717) is 5.92 Å². The molecule has 0 amide bonds. The normalized spacial score (nSPS) is 32.1. The Morgan fingerprint density at radius 1 is 1.57 bits per heavy atom. The molecule has 0 aromatic carbocycles. The molecule has 0 bridgehead atoms. The van der Waals surface area contributed by atoms with Crippen molar-refractivity contribution in [2.45, 2.75) is 38.7 Å². The van der Waals surface area contributed by atoms with Crippen molar-refractivity contribution >= 4 is 0 Å². The molecule has 0 radical (unpaired) electrons. The van der Waals surface area contributed by atoms with Crippen LogP contribution >= 0.6 is 0 Å². The fraction of sp³-hybridized carbons (Fsp3) is 0.583. The third-order valence-electron chi connectivity index (χ3n) is 3.52. The molecule has 1 fully saturated rings. The van der Waals surface area contributed by atoms with E-state index in [2.05, 4.69) is 11.9 Å². The summed E-state index contributed by atoms with van der Waals surface area (Å²) < 4.78 is 0. The van der Waals surface area contributed by atoms with E-state index in [4.69, 9.17) is 0 Å². The highest BCUT2D eigenvalue weighted by molar-refractivity contribution is 5.29. The van der Waals surface area contributed by atoms with E-state index in [1.165, 1.54) is 0 Å². The quantitative estimate of drug-likeness (QED) is 0.739. The number of rotatable bonds is 1. The van der Waals surface area contributed by atoms with Crippen molar-refractivity contribution in [1.29, 1.82) is 0 Å². The van der Waals surface area contributed by atoms with Crippen LogP contribution in [0.25, 0.3) is 0 Å². The van der Waals surface area contributed by atoms with Crippen molar-refractivity contribution in [1.82, 2.24) is 4.98 Å². The number of pyridine rings is 1. The SMILES string of the molecule is Cc1ccncc1C1(O)CCCC1C. The second-order valence-corrected chi connectivity index (χ2v) is 4.41. The first-order valence-corrected chi connectivity index (χ1v) is 5.28. The number of hydrogen-bond donors (Lipinski definition) is 1. The molecule has 1 aromatic heterocycles. The Kier molecular flexibility index (Phi) is 2.31. The average molecular weight is 191 g/mol. The van der Waals surface area contributed by atoms with Crippen LogP contribution in [0.5, 0.6) is 0 Å². The van der Waals surface area contributed by atoms with Crippen LogP contribution < -0.4 is 0 Å². The minimum atomic E-state index is -0.627. The van der Waals surface area contributed by atoms with Gasteiger partial charge in [-0.05, 0) is 43.7 Å². The monoisotopic (exact) mass is 191 g/mol. The fourth-order valence-corrected chi connectivity index (χ4v) is 2.48. The van der Waals surface area contributed by atoms with Gasteiger partial charge in [0.2, 0.25) is 0 Å². The van der Waals surface area contributed by atoms with Gasteiger partial charge in [0.15, 0.2) is 0 Å². The number of aromatic nitrogens is 1. The number of aryl methyl sites for hydroxylation is 1. The summed E-state index contributed by atoms with van der Waals surface area (Å²) in [6.07, 6.45) is 6.70. The maximum Gasteiger partial charge on any atom is 0.0939 e. The molecule has 14 heavy (non-hydrogen) atoms. The van der Waals surface area contributed by atoms with E-state index in [9.17, 15) is 5.11 Å². The van der Waals surface area contributed by atoms with Crippen molar-refractivity contribution in [3.05, 3.63) is 29.6 Å². The summed E-state index contributed by atoms with van der Waals surface area (Å²) in [6.45, 7) is 4.17. The molecular weight excluding hydrogens is 174 g/mol.